The van der Waals surface area contributed by atoms with Crippen LogP contribution in [0.5, 0.6) is 11.5 Å². The van der Waals surface area contributed by atoms with Gasteiger partial charge in [0.2, 0.25) is 0 Å². The average molecular weight is 505 g/mol. The molecule has 10 heteroatoms. The summed E-state index contributed by atoms with van der Waals surface area (Å²) in [6.45, 7) is 6.71. The fourth-order valence-corrected chi connectivity index (χ4v) is 4.29. The highest BCUT2D eigenvalue weighted by atomic mass is 19.3. The van der Waals surface area contributed by atoms with Gasteiger partial charge in [-0.3, -0.25) is 0 Å². The molecule has 3 aromatic rings. The number of ether oxygens (including phenoxy) is 3. The molecule has 1 aliphatic rings. The van der Waals surface area contributed by atoms with E-state index in [4.69, 9.17) is 14.2 Å². The smallest absolute Gasteiger partial charge is 0.273 e. The third kappa shape index (κ3) is 5.65. The van der Waals surface area contributed by atoms with Gasteiger partial charge in [0, 0.05) is 37.0 Å². The van der Waals surface area contributed by atoms with Gasteiger partial charge in [0.1, 0.15) is 30.2 Å². The molecule has 36 heavy (non-hydrogen) atoms. The van der Waals surface area contributed by atoms with Crippen LogP contribution in [-0.4, -0.2) is 61.4 Å². The molecule has 0 bridgehead atoms. The third-order valence-electron chi connectivity index (χ3n) is 6.18. The van der Waals surface area contributed by atoms with E-state index in [1.807, 2.05) is 7.05 Å². The number of aromatic nitrogens is 2. The van der Waals surface area contributed by atoms with Crippen LogP contribution >= 0.6 is 0 Å². The van der Waals surface area contributed by atoms with Crippen LogP contribution in [0, 0.1) is 12.7 Å². The minimum absolute atomic E-state index is 0.0806. The van der Waals surface area contributed by atoms with E-state index < -0.39 is 23.3 Å². The maximum atomic E-state index is 15.0. The largest absolute Gasteiger partial charge is 0.493 e. The first-order valence-electron chi connectivity index (χ1n) is 11.8. The van der Waals surface area contributed by atoms with Crippen molar-refractivity contribution < 1.29 is 27.4 Å². The second kappa shape index (κ2) is 10.5. The number of hydrogen-bond acceptors (Lipinski definition) is 7. The number of morpholine rings is 1. The Morgan fingerprint density at radius 3 is 2.72 bits per heavy atom. The van der Waals surface area contributed by atoms with Gasteiger partial charge in [-0.15, -0.1) is 0 Å². The van der Waals surface area contributed by atoms with Crippen molar-refractivity contribution in [2.24, 2.45) is 0 Å². The van der Waals surface area contributed by atoms with Crippen LogP contribution in [0.1, 0.15) is 36.8 Å². The molecule has 0 unspecified atom stereocenters. The summed E-state index contributed by atoms with van der Waals surface area (Å²) in [6.07, 6.45) is -0.0806. The highest BCUT2D eigenvalue weighted by Crippen LogP contribution is 2.37. The summed E-state index contributed by atoms with van der Waals surface area (Å²) >= 11 is 0. The van der Waals surface area contributed by atoms with Gasteiger partial charge in [-0.2, -0.15) is 0 Å². The van der Waals surface area contributed by atoms with Crippen molar-refractivity contribution in [1.29, 1.82) is 0 Å². The first-order valence-corrected chi connectivity index (χ1v) is 11.8. The molecule has 2 aromatic carbocycles. The number of halogens is 3. The van der Waals surface area contributed by atoms with Gasteiger partial charge < -0.3 is 24.4 Å². The fraction of sp³-hybridized carbons (Fsp3) is 0.462. The van der Waals surface area contributed by atoms with Crippen molar-refractivity contribution in [3.8, 4) is 11.5 Å². The van der Waals surface area contributed by atoms with E-state index in [1.54, 1.807) is 33.1 Å². The zero-order valence-electron chi connectivity index (χ0n) is 21.1. The molecule has 1 aromatic heterocycles. The Bertz CT molecular complexity index is 1240. The second-order valence-corrected chi connectivity index (χ2v) is 9.17. The molecule has 0 amide bonds. The summed E-state index contributed by atoms with van der Waals surface area (Å²) in [6, 6.07) is 6.87. The lowest BCUT2D eigenvalue weighted by atomic mass is 10.0. The van der Waals surface area contributed by atoms with E-state index in [0.29, 0.717) is 54.2 Å². The standard InChI is InChI=1S/C26H31F3N4O3/c1-15(18-7-6-8-20(24(18)27)26(3,28)29)30-25-19-11-23(36-14-17-13-33(4)9-10-35-17)22(34-5)12-21(19)31-16(2)32-25/h6-8,11-12,15,17H,9-10,13-14H2,1-5H3,(H,30,31,32)/t15-,17+/m1/s1. The summed E-state index contributed by atoms with van der Waals surface area (Å²) in [7, 11) is 3.58. The minimum atomic E-state index is -3.29. The number of likely N-dealkylation sites (N-methyl/N-ethyl adjacent to an activating group) is 1. The summed E-state index contributed by atoms with van der Waals surface area (Å²) in [5, 5.41) is 3.80. The van der Waals surface area contributed by atoms with Crippen molar-refractivity contribution in [3.63, 3.8) is 0 Å². The van der Waals surface area contributed by atoms with Gasteiger partial charge in [-0.25, -0.2) is 23.1 Å². The van der Waals surface area contributed by atoms with E-state index in [1.165, 1.54) is 12.1 Å². The minimum Gasteiger partial charge on any atom is -0.493 e. The number of fused-ring (bicyclic) bond motifs is 1. The summed E-state index contributed by atoms with van der Waals surface area (Å²) in [5.41, 5.74) is 0.0692. The quantitative estimate of drug-likeness (QED) is 0.459. The first-order chi connectivity index (χ1) is 17.1. The second-order valence-electron chi connectivity index (χ2n) is 9.17. The number of nitrogens with zero attached hydrogens (tertiary/aromatic N) is 3. The van der Waals surface area contributed by atoms with Gasteiger partial charge in [-0.05, 0) is 27.0 Å². The van der Waals surface area contributed by atoms with Gasteiger partial charge in [-0.1, -0.05) is 18.2 Å². The van der Waals surface area contributed by atoms with Gasteiger partial charge in [0.15, 0.2) is 11.5 Å². The number of benzene rings is 2. The summed E-state index contributed by atoms with van der Waals surface area (Å²) in [5.74, 6) is -2.32. The summed E-state index contributed by atoms with van der Waals surface area (Å²) in [4.78, 5) is 11.2. The predicted molar refractivity (Wildman–Crippen MR) is 132 cm³/mol. The van der Waals surface area contributed by atoms with Crippen LogP contribution in [0.2, 0.25) is 0 Å². The van der Waals surface area contributed by atoms with Crippen LogP contribution in [0.3, 0.4) is 0 Å². The van der Waals surface area contributed by atoms with Gasteiger partial charge in [0.05, 0.1) is 30.8 Å². The molecule has 1 saturated heterocycles. The lowest BCUT2D eigenvalue weighted by Gasteiger charge is -2.30. The lowest BCUT2D eigenvalue weighted by Crippen LogP contribution is -2.42. The Labute approximate surface area is 208 Å². The molecule has 1 fully saturated rings. The monoisotopic (exact) mass is 504 g/mol. The number of hydrogen-bond donors (Lipinski definition) is 1. The lowest BCUT2D eigenvalue weighted by molar-refractivity contribution is -0.0406. The van der Waals surface area contributed by atoms with Crippen molar-refractivity contribution in [3.05, 3.63) is 53.1 Å². The Hall–Kier alpha value is -3.11. The highest BCUT2D eigenvalue weighted by molar-refractivity contribution is 5.92. The number of alkyl halides is 2. The molecule has 1 aliphatic heterocycles. The third-order valence-corrected chi connectivity index (χ3v) is 6.18. The SMILES string of the molecule is COc1cc2nc(C)nc(N[C@H](C)c3cccc(C(C)(F)F)c3F)c2cc1OC[C@@H]1CN(C)CCO1. The molecule has 1 N–H and O–H groups in total. The number of aryl methyl sites for hydroxylation is 1. The normalized spacial score (nSPS) is 17.7. The van der Waals surface area contributed by atoms with E-state index in [2.05, 4.69) is 20.2 Å². The molecule has 7 nitrogen and oxygen atoms in total. The maximum absolute atomic E-state index is 15.0. The first kappa shape index (κ1) is 26.0. The van der Waals surface area contributed by atoms with E-state index in [-0.39, 0.29) is 11.7 Å². The zero-order valence-corrected chi connectivity index (χ0v) is 21.1. The maximum Gasteiger partial charge on any atom is 0.273 e. The summed E-state index contributed by atoms with van der Waals surface area (Å²) < 4.78 is 60.1. The molecular weight excluding hydrogens is 473 g/mol. The number of nitrogens with one attached hydrogen (secondary N) is 1. The molecule has 0 radical (unpaired) electrons. The van der Waals surface area contributed by atoms with Gasteiger partial charge >= 0.3 is 0 Å². The molecular formula is C26H31F3N4O3. The molecule has 194 valence electrons. The topological polar surface area (TPSA) is 68.7 Å². The molecule has 0 saturated carbocycles. The van der Waals surface area contributed by atoms with Crippen LogP contribution in [0.25, 0.3) is 10.9 Å². The highest BCUT2D eigenvalue weighted by Gasteiger charge is 2.30. The Morgan fingerprint density at radius 2 is 2.03 bits per heavy atom. The van der Waals surface area contributed by atoms with Crippen LogP contribution in [0.4, 0.5) is 19.0 Å². The van der Waals surface area contributed by atoms with Crippen molar-refractivity contribution in [2.45, 2.75) is 38.8 Å². The van der Waals surface area contributed by atoms with E-state index in [9.17, 15) is 13.2 Å². The van der Waals surface area contributed by atoms with E-state index >= 15 is 0 Å². The Morgan fingerprint density at radius 1 is 1.25 bits per heavy atom. The zero-order chi connectivity index (χ0) is 26.0. The van der Waals surface area contributed by atoms with Gasteiger partial charge in [0.25, 0.3) is 5.92 Å². The fourth-order valence-electron chi connectivity index (χ4n) is 4.29. The van der Waals surface area contributed by atoms with Crippen LogP contribution in [-0.2, 0) is 10.7 Å². The van der Waals surface area contributed by atoms with Crippen molar-refractivity contribution in [2.75, 3.05) is 45.8 Å². The number of rotatable bonds is 8. The molecule has 0 aliphatic carbocycles. The molecule has 0 spiro atoms. The number of anilines is 1. The van der Waals surface area contributed by atoms with Crippen molar-refractivity contribution in [1.82, 2.24) is 14.9 Å². The molecule has 2 atom stereocenters. The molecule has 2 heterocycles. The van der Waals surface area contributed by atoms with Crippen LogP contribution in [0.15, 0.2) is 30.3 Å². The Kier molecular flexibility index (Phi) is 7.56. The van der Waals surface area contributed by atoms with Crippen LogP contribution < -0.4 is 14.8 Å². The molecule has 4 rings (SSSR count). The predicted octanol–water partition coefficient (Wildman–Crippen LogP) is 5.08. The number of methoxy groups -OCH3 is 1. The van der Waals surface area contributed by atoms with E-state index in [0.717, 1.165) is 19.2 Å². The van der Waals surface area contributed by atoms with Crippen molar-refractivity contribution >= 4 is 16.7 Å². The average Bonchev–Trinajstić information content (AvgIpc) is 2.81. The Balaban J connectivity index is 1.65.